The van der Waals surface area contributed by atoms with Crippen LogP contribution in [0.25, 0.3) is 0 Å². The number of aromatic carboxylic acids is 4. The van der Waals surface area contributed by atoms with Gasteiger partial charge in [-0.05, 0) is 24.3 Å². The Balaban J connectivity index is 0. The van der Waals surface area contributed by atoms with Crippen molar-refractivity contribution in [3.05, 3.63) is 69.8 Å². The van der Waals surface area contributed by atoms with Gasteiger partial charge in [0.25, 0.3) is 0 Å². The maximum Gasteiger partial charge on any atom is 0.336 e. The van der Waals surface area contributed by atoms with E-state index in [1.165, 1.54) is 0 Å². The zero-order valence-corrected chi connectivity index (χ0v) is 25.2. The minimum absolute atomic E-state index is 0. The molecule has 0 fully saturated rings. The van der Waals surface area contributed by atoms with Gasteiger partial charge in [-0.25, -0.2) is 19.2 Å². The first-order valence-corrected chi connectivity index (χ1v) is 6.89. The topological polar surface area (TPSA) is 166 Å². The Kier molecular flexibility index (Phi) is 15.6. The third-order valence-corrected chi connectivity index (χ3v) is 3.49. The van der Waals surface area contributed by atoms with E-state index in [0.717, 1.165) is 36.4 Å². The van der Waals surface area contributed by atoms with Crippen molar-refractivity contribution < 1.29 is 44.4 Å². The van der Waals surface area contributed by atoms with E-state index < -0.39 is 51.9 Å². The second-order valence-electron chi connectivity index (χ2n) is 5.07. The molecule has 2 rings (SSSR count). The average Bonchev–Trinajstić information content (AvgIpc) is 2.59. The largest absolute Gasteiger partial charge is 0.478 e. The molecule has 3 radical (unpaired) electrons. The summed E-state index contributed by atoms with van der Waals surface area (Å²) in [5, 5.41) is 36.1. The van der Waals surface area contributed by atoms with Crippen molar-refractivity contribution in [1.82, 2.24) is 0 Å². The number of ketones is 1. The molecule has 0 unspecified atom stereocenters. The summed E-state index contributed by atoms with van der Waals surface area (Å²) < 4.78 is 0. The molecule has 0 saturated heterocycles. The molecule has 0 saturated carbocycles. The van der Waals surface area contributed by atoms with Crippen LogP contribution in [-0.4, -0.2) is 204 Å². The molecule has 0 aromatic heterocycles. The minimum atomic E-state index is -1.55. The summed E-state index contributed by atoms with van der Waals surface area (Å²) in [6.07, 6.45) is 0. The smallest absolute Gasteiger partial charge is 0.336 e. The van der Waals surface area contributed by atoms with Crippen LogP contribution in [0.4, 0.5) is 0 Å². The summed E-state index contributed by atoms with van der Waals surface area (Å²) in [4.78, 5) is 56.9. The van der Waals surface area contributed by atoms with Gasteiger partial charge in [0.1, 0.15) is 0 Å². The fourth-order valence-electron chi connectivity index (χ4n) is 2.26. The van der Waals surface area contributed by atoms with E-state index in [4.69, 9.17) is 20.4 Å². The molecule has 0 aliphatic carbocycles. The standard InChI is InChI=1S/C17H10O9.3K/c18-13(7-1-3-9(14(19)20)11(5-7)16(23)24)8-2-4-10(15(21)22)12(6-8)17(25)26;;;/h1-6H,(H,19,20)(H,21,22)(H,23,24)(H,25,26);;;. The van der Waals surface area contributed by atoms with Gasteiger partial charge in [0.2, 0.25) is 0 Å². The zero-order chi connectivity index (χ0) is 19.6. The van der Waals surface area contributed by atoms with Crippen molar-refractivity contribution in [2.45, 2.75) is 0 Å². The van der Waals surface area contributed by atoms with Gasteiger partial charge in [-0.3, -0.25) is 4.79 Å². The maximum absolute atomic E-state index is 12.5. The number of carboxylic acids is 4. The molecule has 0 aliphatic rings. The van der Waals surface area contributed by atoms with Gasteiger partial charge < -0.3 is 20.4 Å². The van der Waals surface area contributed by atoms with Crippen molar-refractivity contribution in [1.29, 1.82) is 0 Å². The first-order valence-electron chi connectivity index (χ1n) is 6.89. The Labute approximate surface area is 291 Å². The summed E-state index contributed by atoms with van der Waals surface area (Å²) in [6.45, 7) is 0. The molecule has 12 heteroatoms. The number of rotatable bonds is 6. The van der Waals surface area contributed by atoms with Crippen LogP contribution in [0.15, 0.2) is 36.4 Å². The number of hydrogen-bond acceptors (Lipinski definition) is 5. The van der Waals surface area contributed by atoms with Crippen LogP contribution in [0.1, 0.15) is 57.4 Å². The normalized spacial score (nSPS) is 9.10. The molecule has 0 amide bonds. The predicted octanol–water partition coefficient (Wildman–Crippen LogP) is 0.568. The first kappa shape index (κ1) is 32.1. The zero-order valence-electron chi connectivity index (χ0n) is 15.8. The van der Waals surface area contributed by atoms with Crippen LogP contribution in [-0.2, 0) is 0 Å². The molecular formula is C17H10K3O9. The van der Waals surface area contributed by atoms with E-state index in [9.17, 15) is 24.0 Å². The van der Waals surface area contributed by atoms with E-state index in [1.807, 2.05) is 0 Å². The van der Waals surface area contributed by atoms with Crippen molar-refractivity contribution in [3.63, 3.8) is 0 Å². The Hall–Kier alpha value is 0.899. The van der Waals surface area contributed by atoms with Crippen LogP contribution >= 0.6 is 0 Å². The first-order chi connectivity index (χ1) is 12.1. The summed E-state index contributed by atoms with van der Waals surface area (Å²) in [6, 6.07) is 5.79. The van der Waals surface area contributed by atoms with E-state index in [0.29, 0.717) is 0 Å². The van der Waals surface area contributed by atoms with Gasteiger partial charge in [0.15, 0.2) is 5.78 Å². The molecule has 0 atom stereocenters. The Morgan fingerprint density at radius 1 is 0.483 bits per heavy atom. The maximum atomic E-state index is 12.5. The van der Waals surface area contributed by atoms with E-state index >= 15 is 0 Å². The van der Waals surface area contributed by atoms with Crippen LogP contribution in [0, 0.1) is 0 Å². The number of carbonyl (C=O) groups is 5. The molecule has 0 bridgehead atoms. The Bertz CT molecular complexity index is 909. The molecule has 135 valence electrons. The molecular weight excluding hydrogens is 465 g/mol. The summed E-state index contributed by atoms with van der Waals surface area (Å²) >= 11 is 0. The second-order valence-corrected chi connectivity index (χ2v) is 5.07. The fourth-order valence-corrected chi connectivity index (χ4v) is 2.26. The van der Waals surface area contributed by atoms with E-state index in [2.05, 4.69) is 0 Å². The third-order valence-electron chi connectivity index (χ3n) is 3.49. The van der Waals surface area contributed by atoms with Gasteiger partial charge in [0.05, 0.1) is 22.3 Å². The molecule has 9 nitrogen and oxygen atoms in total. The van der Waals surface area contributed by atoms with Crippen LogP contribution < -0.4 is 0 Å². The van der Waals surface area contributed by atoms with Crippen molar-refractivity contribution in [3.8, 4) is 0 Å². The molecule has 2 aromatic rings. The molecule has 29 heavy (non-hydrogen) atoms. The second kappa shape index (κ2) is 14.1. The van der Waals surface area contributed by atoms with Crippen LogP contribution in [0.2, 0.25) is 0 Å². The summed E-state index contributed by atoms with van der Waals surface area (Å²) in [7, 11) is 0. The molecule has 0 heterocycles. The van der Waals surface area contributed by atoms with Gasteiger partial charge in [-0.15, -0.1) is 0 Å². The molecule has 2 aromatic carbocycles. The van der Waals surface area contributed by atoms with Gasteiger partial charge >= 0.3 is 23.9 Å². The number of carbonyl (C=O) groups excluding carboxylic acids is 1. The molecule has 4 N–H and O–H groups in total. The van der Waals surface area contributed by atoms with E-state index in [1.54, 1.807) is 0 Å². The van der Waals surface area contributed by atoms with Gasteiger partial charge in [-0.2, -0.15) is 0 Å². The van der Waals surface area contributed by atoms with Crippen molar-refractivity contribution in [2.75, 3.05) is 0 Å². The van der Waals surface area contributed by atoms with Crippen LogP contribution in [0.3, 0.4) is 0 Å². The van der Waals surface area contributed by atoms with Crippen LogP contribution in [0.5, 0.6) is 0 Å². The SMILES string of the molecule is O=C(c1ccc(C(=O)O)c(C(=O)O)c1)c1ccc(C(=O)O)c(C(=O)O)c1.[K].[K].[K]. The van der Waals surface area contributed by atoms with Crippen molar-refractivity contribution >= 4 is 184 Å². The number of hydrogen-bond donors (Lipinski definition) is 4. The van der Waals surface area contributed by atoms with E-state index in [-0.39, 0.29) is 165 Å². The quantitative estimate of drug-likeness (QED) is 0.345. The molecule has 0 aliphatic heterocycles. The number of benzene rings is 2. The third kappa shape index (κ3) is 8.07. The fraction of sp³-hybridized carbons (Fsp3) is 0. The molecule has 0 spiro atoms. The predicted molar refractivity (Wildman–Crippen MR) is 101 cm³/mol. The average molecular weight is 476 g/mol. The van der Waals surface area contributed by atoms with Gasteiger partial charge in [-0.1, -0.05) is 12.1 Å². The summed E-state index contributed by atoms with van der Waals surface area (Å²) in [5.41, 5.74) is -2.62. The van der Waals surface area contributed by atoms with Crippen molar-refractivity contribution in [2.24, 2.45) is 0 Å². The minimum Gasteiger partial charge on any atom is -0.478 e. The monoisotopic (exact) mass is 475 g/mol. The Morgan fingerprint density at radius 3 is 1.00 bits per heavy atom. The number of carboxylic acid groups (broad SMARTS) is 4. The Morgan fingerprint density at radius 2 is 0.759 bits per heavy atom. The summed E-state index contributed by atoms with van der Waals surface area (Å²) in [5.74, 6) is -6.86. The van der Waals surface area contributed by atoms with Gasteiger partial charge in [0, 0.05) is 165 Å².